The summed E-state index contributed by atoms with van der Waals surface area (Å²) in [7, 11) is -3.20. The van der Waals surface area contributed by atoms with E-state index in [4.69, 9.17) is 0 Å². The molecule has 1 heterocycles. The first-order chi connectivity index (χ1) is 10.9. The summed E-state index contributed by atoms with van der Waals surface area (Å²) < 4.78 is 24.6. The predicted octanol–water partition coefficient (Wildman–Crippen LogP) is 1.72. The van der Waals surface area contributed by atoms with Crippen LogP contribution < -0.4 is 5.32 Å². The van der Waals surface area contributed by atoms with Crippen LogP contribution in [0.1, 0.15) is 30.4 Å². The van der Waals surface area contributed by atoms with Gasteiger partial charge in [-0.25, -0.2) is 12.7 Å². The van der Waals surface area contributed by atoms with Crippen molar-refractivity contribution in [3.05, 3.63) is 35.4 Å². The number of nitrogens with one attached hydrogen (secondary N) is 1. The van der Waals surface area contributed by atoms with Gasteiger partial charge in [-0.2, -0.15) is 0 Å². The van der Waals surface area contributed by atoms with Gasteiger partial charge in [0.05, 0.1) is 12.2 Å². The first-order valence-electron chi connectivity index (χ1n) is 8.14. The van der Waals surface area contributed by atoms with Crippen molar-refractivity contribution in [2.24, 2.45) is 5.92 Å². The summed E-state index contributed by atoms with van der Waals surface area (Å²) in [5.74, 6) is -0.250. The van der Waals surface area contributed by atoms with Gasteiger partial charge in [0.15, 0.2) is 0 Å². The van der Waals surface area contributed by atoms with Gasteiger partial charge in [-0.15, -0.1) is 0 Å². The summed E-state index contributed by atoms with van der Waals surface area (Å²) in [6.45, 7) is 3.52. The Morgan fingerprint density at radius 3 is 2.65 bits per heavy atom. The predicted molar refractivity (Wildman–Crippen MR) is 91.7 cm³/mol. The average molecular weight is 338 g/mol. The largest absolute Gasteiger partial charge is 0.356 e. The lowest BCUT2D eigenvalue weighted by Crippen LogP contribution is -2.45. The van der Waals surface area contributed by atoms with Gasteiger partial charge >= 0.3 is 0 Å². The van der Waals surface area contributed by atoms with E-state index in [2.05, 4.69) is 36.5 Å². The SMILES string of the molecule is Cc1ccc(CCCNC(=O)[C@@H]2CCCN(S(C)(=O)=O)C2)cc1. The van der Waals surface area contributed by atoms with Crippen LogP contribution in [0.25, 0.3) is 0 Å². The summed E-state index contributed by atoms with van der Waals surface area (Å²) in [6.07, 6.45) is 4.52. The molecule has 128 valence electrons. The van der Waals surface area contributed by atoms with Crippen molar-refractivity contribution >= 4 is 15.9 Å². The summed E-state index contributed by atoms with van der Waals surface area (Å²) in [6, 6.07) is 8.41. The summed E-state index contributed by atoms with van der Waals surface area (Å²) in [5.41, 5.74) is 2.51. The van der Waals surface area contributed by atoms with Crippen LogP contribution in [0.2, 0.25) is 0 Å². The first-order valence-corrected chi connectivity index (χ1v) is 9.99. The maximum Gasteiger partial charge on any atom is 0.224 e. The Balaban J connectivity index is 1.73. The van der Waals surface area contributed by atoms with Crippen LogP contribution in [-0.2, 0) is 21.2 Å². The van der Waals surface area contributed by atoms with Crippen molar-refractivity contribution < 1.29 is 13.2 Å². The minimum atomic E-state index is -3.20. The lowest BCUT2D eigenvalue weighted by Gasteiger charge is -2.30. The number of carbonyl (C=O) groups is 1. The van der Waals surface area contributed by atoms with E-state index < -0.39 is 10.0 Å². The Kier molecular flexibility index (Phi) is 6.18. The Labute approximate surface area is 139 Å². The van der Waals surface area contributed by atoms with Gasteiger partial charge in [0.25, 0.3) is 0 Å². The zero-order valence-electron chi connectivity index (χ0n) is 13.9. The number of rotatable bonds is 6. The van der Waals surface area contributed by atoms with Gasteiger partial charge in [0, 0.05) is 19.6 Å². The van der Waals surface area contributed by atoms with Gasteiger partial charge in [-0.3, -0.25) is 4.79 Å². The molecule has 0 aromatic heterocycles. The van der Waals surface area contributed by atoms with Crippen molar-refractivity contribution in [1.82, 2.24) is 9.62 Å². The highest BCUT2D eigenvalue weighted by molar-refractivity contribution is 7.88. The van der Waals surface area contributed by atoms with Crippen LogP contribution in [0.4, 0.5) is 0 Å². The Hall–Kier alpha value is -1.40. The quantitative estimate of drug-likeness (QED) is 0.803. The van der Waals surface area contributed by atoms with Crippen molar-refractivity contribution in [3.63, 3.8) is 0 Å². The third kappa shape index (κ3) is 5.62. The molecule has 5 nitrogen and oxygen atoms in total. The number of hydrogen-bond donors (Lipinski definition) is 1. The molecule has 1 aliphatic rings. The molecular formula is C17H26N2O3S. The molecule has 1 fully saturated rings. The normalized spacial score (nSPS) is 19.5. The molecule has 1 aliphatic heterocycles. The molecule has 0 saturated carbocycles. The molecule has 1 aromatic rings. The van der Waals surface area contributed by atoms with Crippen LogP contribution in [0.5, 0.6) is 0 Å². The molecule has 1 atom stereocenters. The van der Waals surface area contributed by atoms with Gasteiger partial charge < -0.3 is 5.32 Å². The van der Waals surface area contributed by atoms with Crippen molar-refractivity contribution in [2.45, 2.75) is 32.6 Å². The fourth-order valence-electron chi connectivity index (χ4n) is 2.86. The number of benzene rings is 1. The minimum absolute atomic E-state index is 0.0257. The van der Waals surface area contributed by atoms with Crippen LogP contribution in [0.3, 0.4) is 0 Å². The average Bonchev–Trinajstić information content (AvgIpc) is 2.52. The highest BCUT2D eigenvalue weighted by Crippen LogP contribution is 2.18. The second-order valence-corrected chi connectivity index (χ2v) is 8.32. The summed E-state index contributed by atoms with van der Waals surface area (Å²) >= 11 is 0. The molecule has 0 bridgehead atoms. The highest BCUT2D eigenvalue weighted by Gasteiger charge is 2.29. The van der Waals surface area contributed by atoms with E-state index in [1.807, 2.05) is 0 Å². The van der Waals surface area contributed by atoms with E-state index in [9.17, 15) is 13.2 Å². The lowest BCUT2D eigenvalue weighted by molar-refractivity contribution is -0.126. The third-order valence-corrected chi connectivity index (χ3v) is 5.56. The van der Waals surface area contributed by atoms with Gasteiger partial charge in [-0.05, 0) is 38.2 Å². The lowest BCUT2D eigenvalue weighted by atomic mass is 9.99. The van der Waals surface area contributed by atoms with Gasteiger partial charge in [0.2, 0.25) is 15.9 Å². The van der Waals surface area contributed by atoms with E-state index in [0.29, 0.717) is 19.6 Å². The molecule has 1 amide bonds. The number of carbonyl (C=O) groups excluding carboxylic acids is 1. The van der Waals surface area contributed by atoms with E-state index in [1.54, 1.807) is 0 Å². The number of aryl methyl sites for hydroxylation is 2. The zero-order chi connectivity index (χ0) is 16.9. The van der Waals surface area contributed by atoms with Crippen molar-refractivity contribution in [3.8, 4) is 0 Å². The van der Waals surface area contributed by atoms with Gasteiger partial charge in [0.1, 0.15) is 0 Å². The number of sulfonamides is 1. The van der Waals surface area contributed by atoms with E-state index in [1.165, 1.54) is 21.7 Å². The fourth-order valence-corrected chi connectivity index (χ4v) is 3.77. The monoisotopic (exact) mass is 338 g/mol. The Bertz CT molecular complexity index is 626. The number of amides is 1. The van der Waals surface area contributed by atoms with E-state index in [-0.39, 0.29) is 11.8 Å². The second-order valence-electron chi connectivity index (χ2n) is 6.34. The third-order valence-electron chi connectivity index (χ3n) is 4.29. The van der Waals surface area contributed by atoms with Crippen LogP contribution in [0.15, 0.2) is 24.3 Å². The topological polar surface area (TPSA) is 66.5 Å². The van der Waals surface area contributed by atoms with E-state index in [0.717, 1.165) is 25.7 Å². The smallest absolute Gasteiger partial charge is 0.224 e. The first kappa shape index (κ1) is 17.9. The Morgan fingerprint density at radius 2 is 2.00 bits per heavy atom. The standard InChI is InChI=1S/C17H26N2O3S/c1-14-7-9-15(10-8-14)5-3-11-18-17(20)16-6-4-12-19(13-16)23(2,21)22/h7-10,16H,3-6,11-13H2,1-2H3,(H,18,20)/t16-/m1/s1. The molecule has 0 unspecified atom stereocenters. The number of hydrogen-bond acceptors (Lipinski definition) is 3. The molecule has 1 aromatic carbocycles. The minimum Gasteiger partial charge on any atom is -0.356 e. The van der Waals surface area contributed by atoms with Crippen molar-refractivity contribution in [2.75, 3.05) is 25.9 Å². The Morgan fingerprint density at radius 1 is 1.30 bits per heavy atom. The number of piperidine rings is 1. The molecule has 0 aliphatic carbocycles. The van der Waals surface area contributed by atoms with Crippen LogP contribution in [0, 0.1) is 12.8 Å². The molecule has 23 heavy (non-hydrogen) atoms. The van der Waals surface area contributed by atoms with Crippen LogP contribution in [-0.4, -0.2) is 44.5 Å². The molecule has 0 spiro atoms. The van der Waals surface area contributed by atoms with Crippen LogP contribution >= 0.6 is 0 Å². The van der Waals surface area contributed by atoms with E-state index >= 15 is 0 Å². The molecule has 1 saturated heterocycles. The molecule has 6 heteroatoms. The number of nitrogens with zero attached hydrogens (tertiary/aromatic N) is 1. The highest BCUT2D eigenvalue weighted by atomic mass is 32.2. The molecule has 0 radical (unpaired) electrons. The summed E-state index contributed by atoms with van der Waals surface area (Å²) in [4.78, 5) is 12.2. The maximum atomic E-state index is 12.2. The molecule has 2 rings (SSSR count). The fraction of sp³-hybridized carbons (Fsp3) is 0.588. The molecular weight excluding hydrogens is 312 g/mol. The molecule has 1 N–H and O–H groups in total. The summed E-state index contributed by atoms with van der Waals surface area (Å²) in [5, 5.41) is 2.95. The van der Waals surface area contributed by atoms with Crippen molar-refractivity contribution in [1.29, 1.82) is 0 Å². The van der Waals surface area contributed by atoms with Gasteiger partial charge in [-0.1, -0.05) is 29.8 Å². The maximum absolute atomic E-state index is 12.2. The second kappa shape index (κ2) is 7.93. The zero-order valence-corrected chi connectivity index (χ0v) is 14.7.